The van der Waals surface area contributed by atoms with Crippen molar-refractivity contribution in [1.29, 1.82) is 0 Å². The molecule has 0 aliphatic rings. The summed E-state index contributed by atoms with van der Waals surface area (Å²) < 4.78 is 10.1. The lowest BCUT2D eigenvalue weighted by Gasteiger charge is -2.05. The molecule has 8 nitrogen and oxygen atoms in total. The highest BCUT2D eigenvalue weighted by molar-refractivity contribution is 5.92. The Hall–Kier alpha value is -3.16. The summed E-state index contributed by atoms with van der Waals surface area (Å²) in [5.74, 6) is -0.608. The van der Waals surface area contributed by atoms with Gasteiger partial charge in [-0.25, -0.2) is 9.59 Å². The molecule has 0 radical (unpaired) electrons. The number of rotatable bonds is 72. The van der Waals surface area contributed by atoms with Gasteiger partial charge in [0.25, 0.3) is 0 Å². The minimum Gasteiger partial charge on any atom is -0.463 e. The minimum absolute atomic E-state index is 0.00491. The van der Waals surface area contributed by atoms with Crippen LogP contribution in [0.25, 0.3) is 0 Å². The lowest BCUT2D eigenvalue weighted by Crippen LogP contribution is -2.24. The first-order valence-electron chi connectivity index (χ1n) is 41.4. The Morgan fingerprint density at radius 2 is 0.468 bits per heavy atom. The minimum atomic E-state index is -0.299. The van der Waals surface area contributed by atoms with Crippen molar-refractivity contribution in [1.82, 2.24) is 10.6 Å². The lowest BCUT2D eigenvalue weighted by atomic mass is 10.0. The number of hydrogen-bond acceptors (Lipinski definition) is 6. The standard InChI is InChI=1S/C24H46O2.C23H44O2.C20H39NO.C19H37NO/c1-4-5-6-7-8-9-10-11-12-13-14-15-16-17-18-19-20-21-22-26-24(25)23(2)3;1-3-5-6-7-8-9-10-11-12-13-14-15-16-17-18-19-20-21-22-25-23(24)4-2;1-4-5-6-7-8-9-10-11-12-13-14-15-16-17-18-21-20(22)19(2)3;1-3-5-6-7-8-9-10-11-12-13-14-15-16-17-18-20-19(21)4-2/h2,4-22H2,1,3H3;4H,2-3,5-22H2,1H3;2,4-18H2,1,3H3,(H,21,22);4H,2-3,5-18H2,1H3,(H,20,21). The van der Waals surface area contributed by atoms with E-state index in [1.165, 1.54) is 397 Å². The molecule has 94 heavy (non-hydrogen) atoms. The van der Waals surface area contributed by atoms with E-state index < -0.39 is 0 Å². The molecular formula is C86H166N2O6. The molecule has 0 bridgehead atoms. The van der Waals surface area contributed by atoms with Gasteiger partial charge in [0.05, 0.1) is 13.2 Å². The molecule has 0 heterocycles. The number of hydrogen-bond donors (Lipinski definition) is 2. The Morgan fingerprint density at radius 3 is 0.670 bits per heavy atom. The zero-order valence-electron chi connectivity index (χ0n) is 64.5. The molecule has 0 spiro atoms. The maximum absolute atomic E-state index is 11.3. The van der Waals surface area contributed by atoms with Crippen LogP contribution in [0.2, 0.25) is 0 Å². The van der Waals surface area contributed by atoms with E-state index in [1.807, 2.05) is 0 Å². The number of carbonyl (C=O) groups is 4. The molecule has 2 N–H and O–H groups in total. The number of esters is 2. The molecule has 0 fully saturated rings. The van der Waals surface area contributed by atoms with Crippen LogP contribution in [-0.2, 0) is 28.7 Å². The molecule has 2 amide bonds. The average molecular weight is 1320 g/mol. The van der Waals surface area contributed by atoms with E-state index in [1.54, 1.807) is 13.8 Å². The van der Waals surface area contributed by atoms with Gasteiger partial charge in [-0.15, -0.1) is 0 Å². The third kappa shape index (κ3) is 95.2. The highest BCUT2D eigenvalue weighted by atomic mass is 16.5. The van der Waals surface area contributed by atoms with E-state index in [0.717, 1.165) is 38.8 Å². The van der Waals surface area contributed by atoms with Gasteiger partial charge in [-0.05, 0) is 45.6 Å². The van der Waals surface area contributed by atoms with Gasteiger partial charge in [0.15, 0.2) is 0 Å². The summed E-state index contributed by atoms with van der Waals surface area (Å²) in [6.07, 6.45) is 90.2. The summed E-state index contributed by atoms with van der Waals surface area (Å²) in [7, 11) is 0. The van der Waals surface area contributed by atoms with Crippen LogP contribution in [0, 0.1) is 0 Å². The zero-order valence-corrected chi connectivity index (χ0v) is 64.5. The fourth-order valence-corrected chi connectivity index (χ4v) is 11.8. The van der Waals surface area contributed by atoms with Gasteiger partial charge in [0.1, 0.15) is 0 Å². The van der Waals surface area contributed by atoms with E-state index in [2.05, 4.69) is 64.6 Å². The smallest absolute Gasteiger partial charge is 0.333 e. The van der Waals surface area contributed by atoms with Crippen LogP contribution in [0.15, 0.2) is 49.6 Å². The van der Waals surface area contributed by atoms with Crippen molar-refractivity contribution in [2.45, 2.75) is 452 Å². The summed E-state index contributed by atoms with van der Waals surface area (Å²) >= 11 is 0. The molecule has 0 aromatic heterocycles. The summed E-state index contributed by atoms with van der Waals surface area (Å²) in [6, 6.07) is 0. The third-order valence-electron chi connectivity index (χ3n) is 18.2. The maximum Gasteiger partial charge on any atom is 0.333 e. The maximum atomic E-state index is 11.3. The second-order valence-electron chi connectivity index (χ2n) is 28.0. The van der Waals surface area contributed by atoms with Gasteiger partial charge in [-0.2, -0.15) is 0 Å². The summed E-state index contributed by atoms with van der Waals surface area (Å²) in [4.78, 5) is 44.2. The highest BCUT2D eigenvalue weighted by Crippen LogP contribution is 2.19. The average Bonchev–Trinajstić information content (AvgIpc) is 3.65. The summed E-state index contributed by atoms with van der Waals surface area (Å²) in [5.41, 5.74) is 1.10. The van der Waals surface area contributed by atoms with Crippen LogP contribution >= 0.6 is 0 Å². The van der Waals surface area contributed by atoms with Crippen molar-refractivity contribution in [2.75, 3.05) is 26.3 Å². The van der Waals surface area contributed by atoms with E-state index in [-0.39, 0.29) is 23.8 Å². The van der Waals surface area contributed by atoms with Crippen molar-refractivity contribution >= 4 is 23.8 Å². The van der Waals surface area contributed by atoms with E-state index in [4.69, 9.17) is 9.47 Å². The summed E-state index contributed by atoms with van der Waals surface area (Å²) in [6.45, 7) is 29.3. The Balaban J connectivity index is -0.000000577. The predicted octanol–water partition coefficient (Wildman–Crippen LogP) is 27.8. The molecule has 0 unspecified atom stereocenters. The summed E-state index contributed by atoms with van der Waals surface area (Å²) in [5, 5.41) is 5.71. The number of nitrogens with one attached hydrogen (secondary N) is 2. The van der Waals surface area contributed by atoms with Crippen molar-refractivity contribution in [3.8, 4) is 0 Å². The molecule has 0 saturated heterocycles. The second kappa shape index (κ2) is 89.8. The Morgan fingerprint density at radius 1 is 0.266 bits per heavy atom. The number of amides is 2. The Labute approximate surface area is 588 Å². The van der Waals surface area contributed by atoms with Gasteiger partial charge in [-0.3, -0.25) is 9.59 Å². The van der Waals surface area contributed by atoms with Gasteiger partial charge >= 0.3 is 11.9 Å². The van der Waals surface area contributed by atoms with Gasteiger partial charge < -0.3 is 20.1 Å². The van der Waals surface area contributed by atoms with Gasteiger partial charge in [0, 0.05) is 30.3 Å². The van der Waals surface area contributed by atoms with Gasteiger partial charge in [0.2, 0.25) is 11.8 Å². The molecule has 556 valence electrons. The van der Waals surface area contributed by atoms with Crippen LogP contribution in [0.3, 0.4) is 0 Å². The Kier molecular flexibility index (Phi) is 92.9. The fourth-order valence-electron chi connectivity index (χ4n) is 11.8. The molecule has 0 rings (SSSR count). The third-order valence-corrected chi connectivity index (χ3v) is 18.2. The first-order valence-corrected chi connectivity index (χ1v) is 41.4. The molecular weight excluding hydrogens is 1160 g/mol. The van der Waals surface area contributed by atoms with Crippen LogP contribution in [0.4, 0.5) is 0 Å². The second-order valence-corrected chi connectivity index (χ2v) is 28.0. The van der Waals surface area contributed by atoms with Crippen molar-refractivity contribution in [3.63, 3.8) is 0 Å². The predicted molar refractivity (Wildman–Crippen MR) is 416 cm³/mol. The van der Waals surface area contributed by atoms with E-state index in [9.17, 15) is 19.2 Å². The lowest BCUT2D eigenvalue weighted by molar-refractivity contribution is -0.139. The molecule has 8 heteroatoms. The molecule has 0 aromatic carbocycles. The van der Waals surface area contributed by atoms with Crippen molar-refractivity contribution in [2.24, 2.45) is 0 Å². The topological polar surface area (TPSA) is 111 Å². The molecule has 0 aromatic rings. The number of ether oxygens (including phenoxy) is 2. The largest absolute Gasteiger partial charge is 0.463 e. The van der Waals surface area contributed by atoms with Crippen LogP contribution in [0.1, 0.15) is 452 Å². The van der Waals surface area contributed by atoms with Crippen molar-refractivity contribution < 1.29 is 28.7 Å². The van der Waals surface area contributed by atoms with Crippen molar-refractivity contribution in [3.05, 3.63) is 49.6 Å². The zero-order chi connectivity index (χ0) is 69.8. The Bertz CT molecular complexity index is 1580. The van der Waals surface area contributed by atoms with Crippen LogP contribution < -0.4 is 10.6 Å². The number of unbranched alkanes of at least 4 members (excludes halogenated alkanes) is 60. The van der Waals surface area contributed by atoms with Crippen LogP contribution in [0.5, 0.6) is 0 Å². The highest BCUT2D eigenvalue weighted by Gasteiger charge is 2.04. The van der Waals surface area contributed by atoms with E-state index in [0.29, 0.717) is 24.4 Å². The molecule has 0 saturated carbocycles. The quantitative estimate of drug-likeness (QED) is 0.0357. The molecule has 0 atom stereocenters. The normalized spacial score (nSPS) is 10.7. The first-order chi connectivity index (χ1) is 46.0. The van der Waals surface area contributed by atoms with Gasteiger partial charge in [-0.1, -0.05) is 439 Å². The fraction of sp³-hybridized carbons (Fsp3) is 0.860. The molecule has 0 aliphatic heterocycles. The molecule has 0 aliphatic carbocycles. The monoisotopic (exact) mass is 1320 g/mol. The van der Waals surface area contributed by atoms with Crippen LogP contribution in [-0.4, -0.2) is 50.1 Å². The number of carbonyl (C=O) groups excluding carboxylic acids is 4. The first kappa shape index (κ1) is 97.2. The van der Waals surface area contributed by atoms with E-state index >= 15 is 0 Å². The SMILES string of the molecule is C=C(C)C(=O)NCCCCCCCCCCCCCCCC.C=C(C)C(=O)OCCCCCCCCCCCCCCCCCCCC.C=CC(=O)NCCCCCCCCCCCCCCCC.C=CC(=O)OCCCCCCCCCCCCCCCCCCCC.